The number of rotatable bonds is 16. The zero-order chi connectivity index (χ0) is 39.8. The van der Waals surface area contributed by atoms with Crippen LogP contribution in [0.2, 0.25) is 0 Å². The fourth-order valence-electron chi connectivity index (χ4n) is 8.19. The van der Waals surface area contributed by atoms with Crippen LogP contribution < -0.4 is 60.0 Å². The van der Waals surface area contributed by atoms with E-state index in [9.17, 15) is 14.4 Å². The van der Waals surface area contributed by atoms with Crippen LogP contribution >= 0.6 is 11.8 Å². The molecule has 3 heterocycles. The summed E-state index contributed by atoms with van der Waals surface area (Å²) in [6.07, 6.45) is 12.3. The third kappa shape index (κ3) is 12.0. The van der Waals surface area contributed by atoms with Crippen LogP contribution in [0.5, 0.6) is 0 Å². The first-order valence-electron chi connectivity index (χ1n) is 19.5. The lowest BCUT2D eigenvalue weighted by Gasteiger charge is -2.33. The van der Waals surface area contributed by atoms with Crippen molar-refractivity contribution in [3.63, 3.8) is 0 Å². The van der Waals surface area contributed by atoms with Crippen LogP contribution in [0, 0.1) is 10.2 Å². The molecule has 3 aliphatic heterocycles. The zero-order valence-electron chi connectivity index (χ0n) is 32.5. The average Bonchev–Trinajstić information content (AvgIpc) is 3.67. The van der Waals surface area contributed by atoms with E-state index in [-0.39, 0.29) is 35.3 Å². The molecule has 4 aliphatic rings. The van der Waals surface area contributed by atoms with Crippen molar-refractivity contribution in [2.45, 2.75) is 107 Å². The van der Waals surface area contributed by atoms with Gasteiger partial charge in [-0.3, -0.25) is 9.59 Å². The van der Waals surface area contributed by atoms with E-state index in [1.807, 2.05) is 11.8 Å². The summed E-state index contributed by atoms with van der Waals surface area (Å²) in [7, 11) is -0.748. The molecule has 2 saturated heterocycles. The highest BCUT2D eigenvalue weighted by Gasteiger charge is 2.42. The van der Waals surface area contributed by atoms with Crippen molar-refractivity contribution < 1.29 is 43.3 Å². The molecule has 0 saturated carbocycles. The predicted octanol–water partition coefficient (Wildman–Crippen LogP) is -1.19. The minimum Gasteiger partial charge on any atom is -0.378 e. The fourth-order valence-corrected chi connectivity index (χ4v) is 9.73. The number of hydrogen-bond donors (Lipinski definition) is 4. The van der Waals surface area contributed by atoms with Crippen molar-refractivity contribution in [2.24, 2.45) is 0 Å². The van der Waals surface area contributed by atoms with Crippen molar-refractivity contribution in [1.29, 1.82) is 0 Å². The Morgan fingerprint density at radius 1 is 0.927 bits per heavy atom. The number of carbonyl (C=O) groups is 3. The van der Waals surface area contributed by atoms with Gasteiger partial charge >= 0.3 is 6.03 Å². The van der Waals surface area contributed by atoms with Crippen LogP contribution in [0.25, 0.3) is 6.08 Å². The van der Waals surface area contributed by atoms with Gasteiger partial charge in [-0.2, -0.15) is 11.8 Å². The topological polar surface area (TPSA) is 198 Å². The number of nitrogens with one attached hydrogen (secondary N) is 4. The average molecular weight is 801 g/mol. The van der Waals surface area contributed by atoms with Crippen molar-refractivity contribution in [2.75, 3.05) is 50.9 Å². The second kappa shape index (κ2) is 19.2. The Labute approximate surface area is 330 Å². The van der Waals surface area contributed by atoms with E-state index in [2.05, 4.69) is 95.1 Å². The van der Waals surface area contributed by atoms with E-state index < -0.39 is 10.2 Å². The molecule has 13 nitrogen and oxygen atoms in total. The van der Waals surface area contributed by atoms with Crippen LogP contribution in [0.3, 0.4) is 0 Å². The number of benzene rings is 2. The second-order valence-electron chi connectivity index (χ2n) is 15.7. The Morgan fingerprint density at radius 2 is 1.62 bits per heavy atom. The third-order valence-electron chi connectivity index (χ3n) is 11.1. The molecule has 302 valence electrons. The Hall–Kier alpha value is -3.40. The van der Waals surface area contributed by atoms with E-state index in [4.69, 9.17) is 18.6 Å². The molecular weight excluding hydrogens is 744 g/mol. The van der Waals surface area contributed by atoms with Gasteiger partial charge < -0.3 is 26.2 Å². The summed E-state index contributed by atoms with van der Waals surface area (Å²) >= 11 is 1.92. The highest BCUT2D eigenvalue weighted by atomic mass is 35.7. The minimum absolute atomic E-state index is 0.0465. The SMILES string of the molecule is CN(C)c1ccc2c(c1)C(C)(C)c1cc3c(cc1=C2)CCC[N+]=3CCCC(=O)NCCCCCNC(=O)CCCCC1SCC2NC(=O)NC21.[O-][Cl+3]([O-])([O-])[O-]. The van der Waals surface area contributed by atoms with Gasteiger partial charge in [-0.25, -0.2) is 28.0 Å². The van der Waals surface area contributed by atoms with Gasteiger partial charge in [0.05, 0.1) is 12.1 Å². The molecule has 0 spiro atoms. The first-order chi connectivity index (χ1) is 26.1. The smallest absolute Gasteiger partial charge is 0.315 e. The lowest BCUT2D eigenvalue weighted by Crippen LogP contribution is -2.68. The lowest BCUT2D eigenvalue weighted by molar-refractivity contribution is -2.00. The standard InChI is InChI=1S/C40H56N6O3S.ClHO4/c1-40(2)31-24-30(45(3)4)17-16-27(31)22-29-23-28-12-10-20-46(34(28)25-32(29)40)21-11-15-37(48)42-19-9-5-8-18-41-36(47)14-7-6-13-35-38-33(26-50-35)43-39(49)44-38;2-1(3,4)5/h16-17,22-25,33,35,38H,5-15,18-21,26H2,1-4H3,(H3-,41,42,43,44,47,48,49);(H,2,3,4,5). The molecule has 3 atom stereocenters. The summed E-state index contributed by atoms with van der Waals surface area (Å²) in [4.78, 5) is 38.6. The minimum atomic E-state index is -4.94. The Kier molecular flexibility index (Phi) is 14.9. The number of urea groups is 1. The number of amides is 4. The van der Waals surface area contributed by atoms with Gasteiger partial charge in [0.25, 0.3) is 0 Å². The van der Waals surface area contributed by atoms with Crippen LogP contribution in [0.1, 0.15) is 100 Å². The zero-order valence-corrected chi connectivity index (χ0v) is 34.1. The third-order valence-corrected chi connectivity index (χ3v) is 12.6. The van der Waals surface area contributed by atoms with E-state index in [1.54, 1.807) is 0 Å². The molecule has 4 amide bonds. The lowest BCUT2D eigenvalue weighted by atomic mass is 9.71. The van der Waals surface area contributed by atoms with E-state index in [0.29, 0.717) is 31.2 Å². The van der Waals surface area contributed by atoms with Crippen molar-refractivity contribution in [1.82, 2.24) is 25.8 Å². The highest BCUT2D eigenvalue weighted by molar-refractivity contribution is 8.00. The van der Waals surface area contributed by atoms with Gasteiger partial charge in [0.15, 0.2) is 0 Å². The maximum absolute atomic E-state index is 12.6. The maximum Gasteiger partial charge on any atom is 0.315 e. The number of hydrogen-bond acceptors (Lipinski definition) is 9. The van der Waals surface area contributed by atoms with Crippen LogP contribution in [-0.4, -0.2) is 81.2 Å². The van der Waals surface area contributed by atoms with Gasteiger partial charge in [-0.15, -0.1) is 10.2 Å². The van der Waals surface area contributed by atoms with Gasteiger partial charge in [-0.05, 0) is 84.7 Å². The van der Waals surface area contributed by atoms with Crippen molar-refractivity contribution in [3.8, 4) is 0 Å². The summed E-state index contributed by atoms with van der Waals surface area (Å²) in [5.41, 5.74) is 6.63. The number of nitrogens with zero attached hydrogens (tertiary/aromatic N) is 2. The largest absolute Gasteiger partial charge is 0.378 e. The van der Waals surface area contributed by atoms with Gasteiger partial charge in [0.1, 0.15) is 13.1 Å². The number of thioether (sulfide) groups is 1. The Balaban J connectivity index is 0.00000109. The number of anilines is 1. The summed E-state index contributed by atoms with van der Waals surface area (Å²) in [5.74, 6) is 1.22. The Bertz CT molecular complexity index is 1810. The predicted molar refractivity (Wildman–Crippen MR) is 205 cm³/mol. The molecule has 0 radical (unpaired) electrons. The molecule has 3 unspecified atom stereocenters. The highest BCUT2D eigenvalue weighted by Crippen LogP contribution is 2.37. The molecule has 0 bridgehead atoms. The molecule has 55 heavy (non-hydrogen) atoms. The number of aryl methyl sites for hydroxylation is 1. The molecule has 4 N–H and O–H groups in total. The fraction of sp³-hybridized carbons (Fsp3) is 0.600. The van der Waals surface area contributed by atoms with E-state index in [1.165, 1.54) is 38.5 Å². The molecule has 1 aliphatic carbocycles. The van der Waals surface area contributed by atoms with Crippen LogP contribution in [0.15, 0.2) is 30.3 Å². The first kappa shape index (κ1) is 42.7. The Morgan fingerprint density at radius 3 is 2.31 bits per heavy atom. The quantitative estimate of drug-likeness (QED) is 0.0917. The molecule has 2 aromatic rings. The van der Waals surface area contributed by atoms with Gasteiger partial charge in [0.2, 0.25) is 17.2 Å². The summed E-state index contributed by atoms with van der Waals surface area (Å²) in [6.45, 7) is 8.00. The molecule has 2 aromatic carbocycles. The van der Waals surface area contributed by atoms with Crippen LogP contribution in [0.4, 0.5) is 10.5 Å². The number of halogens is 1. The molecular formula is C40H57ClN6O7S. The number of fused-ring (bicyclic) bond motifs is 4. The molecule has 0 aromatic heterocycles. The second-order valence-corrected chi connectivity index (χ2v) is 17.7. The maximum atomic E-state index is 12.6. The van der Waals surface area contributed by atoms with Gasteiger partial charge in [0, 0.05) is 86.6 Å². The molecule has 6 rings (SSSR count). The summed E-state index contributed by atoms with van der Waals surface area (Å²) in [6, 6.07) is 12.1. The van der Waals surface area contributed by atoms with Crippen molar-refractivity contribution >= 4 is 41.4 Å². The van der Waals surface area contributed by atoms with Gasteiger partial charge in [-0.1, -0.05) is 26.3 Å². The van der Waals surface area contributed by atoms with Crippen molar-refractivity contribution in [3.05, 3.63) is 63.2 Å². The number of unbranched alkanes of at least 4 members (excludes halogenated alkanes) is 3. The molecule has 2 fully saturated rings. The number of carbonyl (C=O) groups excluding carboxylic acids is 3. The summed E-state index contributed by atoms with van der Waals surface area (Å²) in [5, 5.41) is 15.3. The monoisotopic (exact) mass is 800 g/mol. The van der Waals surface area contributed by atoms with E-state index >= 15 is 0 Å². The summed E-state index contributed by atoms with van der Waals surface area (Å²) < 4.78 is 36.5. The van der Waals surface area contributed by atoms with E-state index in [0.717, 1.165) is 76.6 Å². The first-order valence-corrected chi connectivity index (χ1v) is 21.8. The normalized spacial score (nSPS) is 20.3. The molecule has 15 heteroatoms. The van der Waals surface area contributed by atoms with Crippen LogP contribution in [-0.2, 0) is 21.4 Å².